The highest BCUT2D eigenvalue weighted by Crippen LogP contribution is 2.36. The first-order valence-electron chi connectivity index (χ1n) is 5.46. The molecule has 6 heteroatoms. The standard InChI is InChI=1S/C12H15F3N2O/c1-4-17(3)11(18)8-6-5-7-9(10(8)16-2)12(13,14)15/h5-7,16H,4H2,1-3H3. The van der Waals surface area contributed by atoms with Gasteiger partial charge in [0.15, 0.2) is 0 Å². The number of benzene rings is 1. The van der Waals surface area contributed by atoms with Crippen molar-refractivity contribution < 1.29 is 18.0 Å². The van der Waals surface area contributed by atoms with Gasteiger partial charge >= 0.3 is 6.18 Å². The van der Waals surface area contributed by atoms with Crippen molar-refractivity contribution in [3.8, 4) is 0 Å². The Hall–Kier alpha value is -1.72. The lowest BCUT2D eigenvalue weighted by molar-refractivity contribution is -0.136. The van der Waals surface area contributed by atoms with Crippen molar-refractivity contribution >= 4 is 11.6 Å². The largest absolute Gasteiger partial charge is 0.418 e. The second-order valence-corrected chi connectivity index (χ2v) is 3.80. The molecule has 1 N–H and O–H groups in total. The van der Waals surface area contributed by atoms with Crippen molar-refractivity contribution in [3.63, 3.8) is 0 Å². The molecule has 18 heavy (non-hydrogen) atoms. The molecule has 0 aliphatic carbocycles. The normalized spacial score (nSPS) is 11.2. The minimum atomic E-state index is -4.49. The molecule has 3 nitrogen and oxygen atoms in total. The molecule has 0 fully saturated rings. The maximum absolute atomic E-state index is 12.8. The molecule has 0 unspecified atom stereocenters. The van der Waals surface area contributed by atoms with E-state index in [1.54, 1.807) is 14.0 Å². The van der Waals surface area contributed by atoms with E-state index in [9.17, 15) is 18.0 Å². The topological polar surface area (TPSA) is 32.3 Å². The van der Waals surface area contributed by atoms with Gasteiger partial charge in [-0.1, -0.05) is 6.07 Å². The fraction of sp³-hybridized carbons (Fsp3) is 0.417. The summed E-state index contributed by atoms with van der Waals surface area (Å²) >= 11 is 0. The number of carbonyl (C=O) groups is 1. The van der Waals surface area contributed by atoms with Crippen LogP contribution in [-0.2, 0) is 6.18 Å². The Kier molecular flexibility index (Phi) is 4.21. The zero-order valence-corrected chi connectivity index (χ0v) is 10.4. The molecule has 1 aromatic rings. The second-order valence-electron chi connectivity index (χ2n) is 3.80. The molecule has 1 aromatic carbocycles. The van der Waals surface area contributed by atoms with E-state index in [-0.39, 0.29) is 11.3 Å². The number of halogens is 3. The summed E-state index contributed by atoms with van der Waals surface area (Å²) in [5.74, 6) is -0.437. The third kappa shape index (κ3) is 2.75. The van der Waals surface area contributed by atoms with Crippen molar-refractivity contribution in [1.82, 2.24) is 4.90 Å². The monoisotopic (exact) mass is 260 g/mol. The first-order chi connectivity index (χ1) is 8.32. The number of nitrogens with one attached hydrogen (secondary N) is 1. The molecular formula is C12H15F3N2O. The summed E-state index contributed by atoms with van der Waals surface area (Å²) in [4.78, 5) is 13.3. The van der Waals surface area contributed by atoms with Crippen LogP contribution in [0.1, 0.15) is 22.8 Å². The molecule has 0 aromatic heterocycles. The average molecular weight is 260 g/mol. The van der Waals surface area contributed by atoms with E-state index in [4.69, 9.17) is 0 Å². The summed E-state index contributed by atoms with van der Waals surface area (Å²) < 4.78 is 38.4. The van der Waals surface area contributed by atoms with Crippen LogP contribution in [0.25, 0.3) is 0 Å². The highest BCUT2D eigenvalue weighted by molar-refractivity contribution is 6.00. The van der Waals surface area contributed by atoms with Gasteiger partial charge < -0.3 is 10.2 Å². The van der Waals surface area contributed by atoms with Gasteiger partial charge in [-0.2, -0.15) is 13.2 Å². The Morgan fingerprint density at radius 1 is 1.39 bits per heavy atom. The Bertz CT molecular complexity index is 443. The second kappa shape index (κ2) is 5.29. The predicted molar refractivity (Wildman–Crippen MR) is 63.6 cm³/mol. The van der Waals surface area contributed by atoms with Gasteiger partial charge in [0.2, 0.25) is 0 Å². The van der Waals surface area contributed by atoms with Crippen LogP contribution in [0.5, 0.6) is 0 Å². The van der Waals surface area contributed by atoms with Crippen molar-refractivity contribution in [2.75, 3.05) is 26.0 Å². The fourth-order valence-electron chi connectivity index (χ4n) is 1.59. The number of anilines is 1. The minimum absolute atomic E-state index is 0.0247. The predicted octanol–water partition coefficient (Wildman–Crippen LogP) is 2.84. The zero-order valence-electron chi connectivity index (χ0n) is 10.4. The SMILES string of the molecule is CCN(C)C(=O)c1cccc(C(F)(F)F)c1NC. The van der Waals surface area contributed by atoms with Gasteiger partial charge in [0.25, 0.3) is 5.91 Å². The highest BCUT2D eigenvalue weighted by atomic mass is 19.4. The van der Waals surface area contributed by atoms with E-state index in [1.807, 2.05) is 0 Å². The van der Waals surface area contributed by atoms with Gasteiger partial charge in [0.05, 0.1) is 16.8 Å². The van der Waals surface area contributed by atoms with Gasteiger partial charge in [-0.15, -0.1) is 0 Å². The zero-order chi connectivity index (χ0) is 13.9. The molecule has 100 valence electrons. The molecule has 0 atom stereocenters. The van der Waals surface area contributed by atoms with Gasteiger partial charge in [-0.05, 0) is 19.1 Å². The van der Waals surface area contributed by atoms with Gasteiger partial charge in [0, 0.05) is 20.6 Å². The molecule has 0 heterocycles. The van der Waals surface area contributed by atoms with Crippen molar-refractivity contribution in [2.45, 2.75) is 13.1 Å². The van der Waals surface area contributed by atoms with Gasteiger partial charge in [-0.3, -0.25) is 4.79 Å². The molecule has 0 aliphatic heterocycles. The lowest BCUT2D eigenvalue weighted by atomic mass is 10.1. The maximum atomic E-state index is 12.8. The Balaban J connectivity index is 3.34. The smallest absolute Gasteiger partial charge is 0.387 e. The molecule has 0 radical (unpaired) electrons. The number of amides is 1. The van der Waals surface area contributed by atoms with E-state index >= 15 is 0 Å². The number of hydrogen-bond donors (Lipinski definition) is 1. The third-order valence-corrected chi connectivity index (χ3v) is 2.67. The first-order valence-corrected chi connectivity index (χ1v) is 5.46. The summed E-state index contributed by atoms with van der Waals surface area (Å²) in [5.41, 5.74) is -0.993. The Morgan fingerprint density at radius 2 is 2.00 bits per heavy atom. The van der Waals surface area contributed by atoms with Crippen LogP contribution in [0.4, 0.5) is 18.9 Å². The average Bonchev–Trinajstić information content (AvgIpc) is 2.34. The molecule has 0 saturated heterocycles. The van der Waals surface area contributed by atoms with Crippen LogP contribution < -0.4 is 5.32 Å². The maximum Gasteiger partial charge on any atom is 0.418 e. The van der Waals surface area contributed by atoms with Crippen LogP contribution in [0.3, 0.4) is 0 Å². The molecule has 0 aliphatic rings. The quantitative estimate of drug-likeness (QED) is 0.906. The first kappa shape index (κ1) is 14.3. The summed E-state index contributed by atoms with van der Waals surface area (Å²) in [7, 11) is 2.91. The van der Waals surface area contributed by atoms with Crippen LogP contribution in [-0.4, -0.2) is 31.4 Å². The molecule has 0 bridgehead atoms. The third-order valence-electron chi connectivity index (χ3n) is 2.67. The van der Waals surface area contributed by atoms with E-state index in [1.165, 1.54) is 24.1 Å². The van der Waals surface area contributed by atoms with Crippen molar-refractivity contribution in [2.24, 2.45) is 0 Å². The van der Waals surface area contributed by atoms with E-state index in [0.29, 0.717) is 6.54 Å². The summed E-state index contributed by atoms with van der Waals surface area (Å²) in [6, 6.07) is 3.57. The summed E-state index contributed by atoms with van der Waals surface area (Å²) in [5, 5.41) is 2.46. The molecule has 0 saturated carbocycles. The van der Waals surface area contributed by atoms with Crippen LogP contribution in [0, 0.1) is 0 Å². The summed E-state index contributed by atoms with van der Waals surface area (Å²) in [6.45, 7) is 2.18. The van der Waals surface area contributed by atoms with Gasteiger partial charge in [-0.25, -0.2) is 0 Å². The minimum Gasteiger partial charge on any atom is -0.387 e. The molecule has 1 amide bonds. The molecule has 0 spiro atoms. The summed E-state index contributed by atoms with van der Waals surface area (Å²) in [6.07, 6.45) is -4.49. The van der Waals surface area contributed by atoms with E-state index < -0.39 is 17.6 Å². The number of hydrogen-bond acceptors (Lipinski definition) is 2. The Morgan fingerprint density at radius 3 is 2.44 bits per heavy atom. The van der Waals surface area contributed by atoms with Crippen molar-refractivity contribution in [1.29, 1.82) is 0 Å². The lowest BCUT2D eigenvalue weighted by Gasteiger charge is -2.20. The van der Waals surface area contributed by atoms with E-state index in [2.05, 4.69) is 5.32 Å². The number of rotatable bonds is 3. The van der Waals surface area contributed by atoms with Crippen molar-refractivity contribution in [3.05, 3.63) is 29.3 Å². The fourth-order valence-corrected chi connectivity index (χ4v) is 1.59. The molecular weight excluding hydrogens is 245 g/mol. The lowest BCUT2D eigenvalue weighted by Crippen LogP contribution is -2.27. The van der Waals surface area contributed by atoms with Crippen LogP contribution >= 0.6 is 0 Å². The number of para-hydroxylation sites is 1. The van der Waals surface area contributed by atoms with E-state index in [0.717, 1.165) is 6.07 Å². The number of carbonyl (C=O) groups excluding carboxylic acids is 1. The molecule has 1 rings (SSSR count). The van der Waals surface area contributed by atoms with Gasteiger partial charge in [0.1, 0.15) is 0 Å². The van der Waals surface area contributed by atoms with Crippen LogP contribution in [0.2, 0.25) is 0 Å². The number of nitrogens with zero attached hydrogens (tertiary/aromatic N) is 1. The Labute approximate surface area is 104 Å². The van der Waals surface area contributed by atoms with Crippen LogP contribution in [0.15, 0.2) is 18.2 Å². The number of alkyl halides is 3. The highest BCUT2D eigenvalue weighted by Gasteiger charge is 2.35.